The molecule has 0 saturated heterocycles. The number of H-pyrrole nitrogens is 1. The van der Waals surface area contributed by atoms with Crippen LogP contribution in [-0.4, -0.2) is 25.7 Å². The first kappa shape index (κ1) is 20.1. The second-order valence-electron chi connectivity index (χ2n) is 6.54. The Hall–Kier alpha value is -3.21. The number of amides is 1. The zero-order valence-electron chi connectivity index (χ0n) is 16.3. The Morgan fingerprint density at radius 3 is 2.73 bits per heavy atom. The van der Waals surface area contributed by atoms with Gasteiger partial charge in [-0.2, -0.15) is 9.78 Å². The van der Waals surface area contributed by atoms with Gasteiger partial charge in [-0.1, -0.05) is 19.1 Å². The molecule has 3 heterocycles. The summed E-state index contributed by atoms with van der Waals surface area (Å²) in [5, 5.41) is 7.37. The first-order valence-electron chi connectivity index (χ1n) is 9.28. The third-order valence-corrected chi connectivity index (χ3v) is 5.55. The minimum Gasteiger partial charge on any atom is -0.463 e. The predicted molar refractivity (Wildman–Crippen MR) is 121 cm³/mol. The summed E-state index contributed by atoms with van der Waals surface area (Å²) in [4.78, 5) is 32.6. The molecule has 30 heavy (non-hydrogen) atoms. The third kappa shape index (κ3) is 3.80. The maximum atomic E-state index is 12.9. The van der Waals surface area contributed by atoms with Crippen LogP contribution in [-0.2, 0) is 6.42 Å². The van der Waals surface area contributed by atoms with Gasteiger partial charge in [0.25, 0.3) is 11.5 Å². The molecule has 0 fully saturated rings. The van der Waals surface area contributed by atoms with Crippen LogP contribution in [0.4, 0.5) is 5.82 Å². The van der Waals surface area contributed by atoms with Gasteiger partial charge in [0.2, 0.25) is 5.95 Å². The summed E-state index contributed by atoms with van der Waals surface area (Å²) in [7, 11) is 0. The highest BCUT2D eigenvalue weighted by atomic mass is 127. The minimum absolute atomic E-state index is 0.213. The number of carbonyl (C=O) groups is 1. The second-order valence-corrected chi connectivity index (χ2v) is 7.71. The molecular weight excluding hydrogens is 497 g/mol. The Morgan fingerprint density at radius 1 is 1.27 bits per heavy atom. The van der Waals surface area contributed by atoms with Gasteiger partial charge < -0.3 is 9.73 Å². The number of nitrogens with zero attached hydrogens (tertiary/aromatic N) is 3. The van der Waals surface area contributed by atoms with Gasteiger partial charge in [-0.25, -0.2) is 4.98 Å². The van der Waals surface area contributed by atoms with E-state index in [9.17, 15) is 9.59 Å². The number of aromatic nitrogens is 4. The number of hydrogen-bond donors (Lipinski definition) is 2. The molecule has 0 aliphatic rings. The van der Waals surface area contributed by atoms with Crippen LogP contribution < -0.4 is 10.9 Å². The quantitative estimate of drug-likeness (QED) is 0.392. The van der Waals surface area contributed by atoms with Gasteiger partial charge in [-0.3, -0.25) is 14.6 Å². The van der Waals surface area contributed by atoms with Crippen molar-refractivity contribution in [2.45, 2.75) is 20.3 Å². The number of hydrogen-bond acceptors (Lipinski definition) is 5. The molecule has 0 saturated carbocycles. The van der Waals surface area contributed by atoms with Gasteiger partial charge >= 0.3 is 0 Å². The average Bonchev–Trinajstić information content (AvgIpc) is 3.38. The van der Waals surface area contributed by atoms with E-state index < -0.39 is 0 Å². The second kappa shape index (κ2) is 8.27. The van der Waals surface area contributed by atoms with Gasteiger partial charge in [0.15, 0.2) is 5.76 Å². The molecule has 0 unspecified atom stereocenters. The van der Waals surface area contributed by atoms with Crippen molar-refractivity contribution < 1.29 is 9.21 Å². The zero-order valence-corrected chi connectivity index (χ0v) is 18.4. The van der Waals surface area contributed by atoms with Crippen LogP contribution in [0.5, 0.6) is 0 Å². The van der Waals surface area contributed by atoms with Gasteiger partial charge in [-0.05, 0) is 60.2 Å². The Labute approximate surface area is 185 Å². The number of anilines is 1. The third-order valence-electron chi connectivity index (χ3n) is 4.61. The van der Waals surface area contributed by atoms with Crippen molar-refractivity contribution in [3.05, 3.63) is 79.5 Å². The molecule has 2 N–H and O–H groups in total. The van der Waals surface area contributed by atoms with Crippen molar-refractivity contribution in [2.24, 2.45) is 0 Å². The number of benzene rings is 1. The summed E-state index contributed by atoms with van der Waals surface area (Å²) in [5.41, 5.74) is 2.02. The molecule has 4 rings (SSSR count). The number of rotatable bonds is 5. The van der Waals surface area contributed by atoms with E-state index in [2.05, 4.69) is 43.0 Å². The van der Waals surface area contributed by atoms with E-state index in [1.165, 1.54) is 4.68 Å². The lowest BCUT2D eigenvalue weighted by atomic mass is 10.2. The number of halogens is 1. The lowest BCUT2D eigenvalue weighted by molar-refractivity contribution is 0.102. The number of furan rings is 1. The van der Waals surface area contributed by atoms with Crippen molar-refractivity contribution >= 4 is 34.3 Å². The monoisotopic (exact) mass is 515 g/mol. The molecule has 0 atom stereocenters. The largest absolute Gasteiger partial charge is 0.463 e. The summed E-state index contributed by atoms with van der Waals surface area (Å²) in [6.45, 7) is 3.67. The number of nitrogens with one attached hydrogen (secondary N) is 2. The van der Waals surface area contributed by atoms with Crippen LogP contribution in [0.2, 0.25) is 0 Å². The fraction of sp³-hybridized carbons (Fsp3) is 0.143. The van der Waals surface area contributed by atoms with E-state index in [0.717, 1.165) is 3.57 Å². The van der Waals surface area contributed by atoms with Crippen LogP contribution in [0.3, 0.4) is 0 Å². The van der Waals surface area contributed by atoms with E-state index >= 15 is 0 Å². The van der Waals surface area contributed by atoms with E-state index in [1.54, 1.807) is 43.5 Å². The normalized spacial score (nSPS) is 10.9. The molecule has 152 valence electrons. The van der Waals surface area contributed by atoms with Crippen LogP contribution in [0.15, 0.2) is 57.9 Å². The van der Waals surface area contributed by atoms with E-state index in [1.807, 2.05) is 19.1 Å². The van der Waals surface area contributed by atoms with Gasteiger partial charge in [0, 0.05) is 20.9 Å². The molecule has 0 spiro atoms. The maximum absolute atomic E-state index is 12.9. The van der Waals surface area contributed by atoms with Gasteiger partial charge in [-0.15, -0.1) is 0 Å². The highest BCUT2D eigenvalue weighted by Crippen LogP contribution is 2.25. The van der Waals surface area contributed by atoms with Crippen LogP contribution >= 0.6 is 22.6 Å². The highest BCUT2D eigenvalue weighted by molar-refractivity contribution is 14.1. The maximum Gasteiger partial charge on any atom is 0.257 e. The molecule has 1 aromatic carbocycles. The van der Waals surface area contributed by atoms with Crippen LogP contribution in [0.1, 0.15) is 28.5 Å². The van der Waals surface area contributed by atoms with E-state index in [4.69, 9.17) is 4.42 Å². The molecule has 0 bridgehead atoms. The molecule has 0 aliphatic carbocycles. The standard InChI is InChI=1S/C21H18IN5O3/c1-3-13-12(2)23-21(25-19(13)28)27-18(11-16(26-27)17-9-6-10-30-17)24-20(29)14-7-4-5-8-15(14)22/h4-11H,3H2,1-2H3,(H,24,29)(H,23,25,28). The van der Waals surface area contributed by atoms with E-state index in [0.29, 0.717) is 40.5 Å². The van der Waals surface area contributed by atoms with Gasteiger partial charge in [0.05, 0.1) is 11.8 Å². The fourth-order valence-corrected chi connectivity index (χ4v) is 3.75. The Balaban J connectivity index is 1.81. The van der Waals surface area contributed by atoms with E-state index in [-0.39, 0.29) is 17.4 Å². The lowest BCUT2D eigenvalue weighted by Crippen LogP contribution is -2.22. The lowest BCUT2D eigenvalue weighted by Gasteiger charge is -2.10. The summed E-state index contributed by atoms with van der Waals surface area (Å²) < 4.78 is 7.66. The van der Waals surface area contributed by atoms with Crippen molar-refractivity contribution in [2.75, 3.05) is 5.32 Å². The van der Waals surface area contributed by atoms with Crippen LogP contribution in [0.25, 0.3) is 17.4 Å². The number of aromatic amines is 1. The Morgan fingerprint density at radius 2 is 2.07 bits per heavy atom. The number of carbonyl (C=O) groups excluding carboxylic acids is 1. The molecular formula is C21H18IN5O3. The first-order valence-corrected chi connectivity index (χ1v) is 10.4. The summed E-state index contributed by atoms with van der Waals surface area (Å²) >= 11 is 2.11. The molecule has 4 aromatic rings. The minimum atomic E-state index is -0.295. The highest BCUT2D eigenvalue weighted by Gasteiger charge is 2.19. The summed E-state index contributed by atoms with van der Waals surface area (Å²) in [6.07, 6.45) is 2.11. The zero-order chi connectivity index (χ0) is 21.3. The SMILES string of the molecule is CCc1c(C)nc(-n2nc(-c3ccco3)cc2NC(=O)c2ccccc2I)[nH]c1=O. The first-order chi connectivity index (χ1) is 14.5. The Bertz CT molecular complexity index is 1270. The van der Waals surface area contributed by atoms with Crippen molar-refractivity contribution in [3.63, 3.8) is 0 Å². The number of aryl methyl sites for hydroxylation is 1. The van der Waals surface area contributed by atoms with Crippen molar-refractivity contribution in [1.29, 1.82) is 0 Å². The Kier molecular flexibility index (Phi) is 5.53. The fourth-order valence-electron chi connectivity index (χ4n) is 3.12. The van der Waals surface area contributed by atoms with Crippen molar-refractivity contribution in [1.82, 2.24) is 19.7 Å². The van der Waals surface area contributed by atoms with Crippen LogP contribution in [0, 0.1) is 10.5 Å². The van der Waals surface area contributed by atoms with Crippen molar-refractivity contribution in [3.8, 4) is 17.4 Å². The molecule has 0 aliphatic heterocycles. The predicted octanol–water partition coefficient (Wildman–Crippen LogP) is 3.94. The summed E-state index contributed by atoms with van der Waals surface area (Å²) in [5.74, 6) is 0.808. The molecule has 9 heteroatoms. The smallest absolute Gasteiger partial charge is 0.257 e. The van der Waals surface area contributed by atoms with Gasteiger partial charge in [0.1, 0.15) is 11.5 Å². The molecule has 8 nitrogen and oxygen atoms in total. The molecule has 0 radical (unpaired) electrons. The molecule has 1 amide bonds. The average molecular weight is 515 g/mol. The molecule has 3 aromatic heterocycles. The topological polar surface area (TPSA) is 106 Å². The summed E-state index contributed by atoms with van der Waals surface area (Å²) in [6, 6.07) is 12.5.